The number of anilines is 1. The van der Waals surface area contributed by atoms with Gasteiger partial charge in [0.1, 0.15) is 11.4 Å². The SMILES string of the molecule is CCOc1cc(/C=C2\C(=O)NC(=O)N(c3ccc(F)cc3)C2=O)cc(I)c1OCC(=O)O. The molecule has 0 aliphatic carbocycles. The molecule has 166 valence electrons. The number of ether oxygens (including phenoxy) is 2. The average Bonchev–Trinajstić information content (AvgIpc) is 2.72. The van der Waals surface area contributed by atoms with Crippen LogP contribution in [0.25, 0.3) is 6.08 Å². The van der Waals surface area contributed by atoms with E-state index in [1.807, 2.05) is 22.6 Å². The molecule has 0 unspecified atom stereocenters. The van der Waals surface area contributed by atoms with Gasteiger partial charge in [-0.1, -0.05) is 0 Å². The second kappa shape index (κ2) is 9.77. The molecule has 0 atom stereocenters. The fourth-order valence-electron chi connectivity index (χ4n) is 2.86. The van der Waals surface area contributed by atoms with E-state index in [0.717, 1.165) is 17.0 Å². The zero-order valence-electron chi connectivity index (χ0n) is 16.6. The van der Waals surface area contributed by atoms with Crippen LogP contribution in [-0.2, 0) is 14.4 Å². The summed E-state index contributed by atoms with van der Waals surface area (Å²) in [6.45, 7) is 1.40. The molecule has 2 aromatic carbocycles. The zero-order valence-corrected chi connectivity index (χ0v) is 18.7. The average molecular weight is 554 g/mol. The molecule has 0 bridgehead atoms. The maximum absolute atomic E-state index is 13.2. The largest absolute Gasteiger partial charge is 0.490 e. The highest BCUT2D eigenvalue weighted by molar-refractivity contribution is 14.1. The summed E-state index contributed by atoms with van der Waals surface area (Å²) in [7, 11) is 0. The van der Waals surface area contributed by atoms with Crippen molar-refractivity contribution in [2.24, 2.45) is 0 Å². The van der Waals surface area contributed by atoms with Crippen LogP contribution >= 0.6 is 22.6 Å². The Morgan fingerprint density at radius 2 is 1.88 bits per heavy atom. The van der Waals surface area contributed by atoms with Crippen LogP contribution in [0.15, 0.2) is 42.0 Å². The number of aliphatic carboxylic acids is 1. The lowest BCUT2D eigenvalue weighted by molar-refractivity contribution is -0.139. The van der Waals surface area contributed by atoms with E-state index in [1.165, 1.54) is 24.3 Å². The number of nitrogens with one attached hydrogen (secondary N) is 1. The van der Waals surface area contributed by atoms with E-state index in [2.05, 4.69) is 5.32 Å². The first-order valence-electron chi connectivity index (χ1n) is 9.19. The molecule has 4 amide bonds. The van der Waals surface area contributed by atoms with Gasteiger partial charge in [-0.3, -0.25) is 14.9 Å². The maximum atomic E-state index is 13.2. The third kappa shape index (κ3) is 5.04. The van der Waals surface area contributed by atoms with E-state index in [0.29, 0.717) is 9.13 Å². The van der Waals surface area contributed by atoms with Crippen molar-refractivity contribution >= 4 is 58.2 Å². The van der Waals surface area contributed by atoms with Crippen molar-refractivity contribution < 1.29 is 38.1 Å². The minimum atomic E-state index is -1.16. The van der Waals surface area contributed by atoms with E-state index in [4.69, 9.17) is 14.6 Å². The Kier molecular flexibility index (Phi) is 7.08. The lowest BCUT2D eigenvalue weighted by Gasteiger charge is -2.26. The van der Waals surface area contributed by atoms with Crippen molar-refractivity contribution in [3.05, 3.63) is 56.9 Å². The molecule has 0 aromatic heterocycles. The number of barbiturate groups is 1. The highest BCUT2D eigenvalue weighted by Gasteiger charge is 2.36. The number of halogens is 2. The van der Waals surface area contributed by atoms with E-state index in [1.54, 1.807) is 13.0 Å². The van der Waals surface area contributed by atoms with Gasteiger partial charge in [-0.05, 0) is 77.6 Å². The monoisotopic (exact) mass is 554 g/mol. The number of benzene rings is 2. The van der Waals surface area contributed by atoms with Gasteiger partial charge in [-0.25, -0.2) is 18.9 Å². The van der Waals surface area contributed by atoms with E-state index >= 15 is 0 Å². The molecule has 0 spiro atoms. The lowest BCUT2D eigenvalue weighted by Crippen LogP contribution is -2.54. The number of rotatable bonds is 7. The summed E-state index contributed by atoms with van der Waals surface area (Å²) < 4.78 is 24.5. The molecule has 3 rings (SSSR count). The van der Waals surface area contributed by atoms with Crippen molar-refractivity contribution in [2.75, 3.05) is 18.1 Å². The fourth-order valence-corrected chi connectivity index (χ4v) is 3.64. The fraction of sp³-hybridized carbons (Fsp3) is 0.143. The first-order chi connectivity index (χ1) is 15.2. The summed E-state index contributed by atoms with van der Waals surface area (Å²) in [6, 6.07) is 6.74. The first-order valence-corrected chi connectivity index (χ1v) is 10.3. The molecular weight excluding hydrogens is 538 g/mol. The third-order valence-electron chi connectivity index (χ3n) is 4.17. The molecule has 9 nitrogen and oxygen atoms in total. The van der Waals surface area contributed by atoms with Gasteiger partial charge in [0.2, 0.25) is 0 Å². The number of carbonyl (C=O) groups excluding carboxylic acids is 3. The number of imide groups is 2. The minimum Gasteiger partial charge on any atom is -0.490 e. The summed E-state index contributed by atoms with van der Waals surface area (Å²) in [5.74, 6) is -3.05. The Morgan fingerprint density at radius 3 is 2.50 bits per heavy atom. The Bertz CT molecular complexity index is 1130. The molecule has 1 aliphatic heterocycles. The number of hydrogen-bond donors (Lipinski definition) is 2. The minimum absolute atomic E-state index is 0.0919. The smallest absolute Gasteiger partial charge is 0.341 e. The van der Waals surface area contributed by atoms with E-state index < -0.39 is 36.2 Å². The number of nitrogens with zero attached hydrogens (tertiary/aromatic N) is 1. The zero-order chi connectivity index (χ0) is 23.4. The molecule has 2 aromatic rings. The highest BCUT2D eigenvalue weighted by atomic mass is 127. The van der Waals surface area contributed by atoms with Crippen molar-refractivity contribution in [3.63, 3.8) is 0 Å². The van der Waals surface area contributed by atoms with Crippen LogP contribution in [0.3, 0.4) is 0 Å². The number of amides is 4. The topological polar surface area (TPSA) is 122 Å². The second-order valence-corrected chi connectivity index (χ2v) is 7.54. The van der Waals surface area contributed by atoms with Gasteiger partial charge in [0.15, 0.2) is 18.1 Å². The normalized spacial score (nSPS) is 15.0. The van der Waals surface area contributed by atoms with Gasteiger partial charge < -0.3 is 14.6 Å². The summed E-state index contributed by atoms with van der Waals surface area (Å²) >= 11 is 1.91. The third-order valence-corrected chi connectivity index (χ3v) is 4.97. The van der Waals surface area contributed by atoms with Crippen LogP contribution in [0.4, 0.5) is 14.9 Å². The molecule has 0 saturated carbocycles. The second-order valence-electron chi connectivity index (χ2n) is 6.38. The van der Waals surface area contributed by atoms with Gasteiger partial charge in [0.25, 0.3) is 11.8 Å². The number of urea groups is 1. The summed E-state index contributed by atoms with van der Waals surface area (Å²) in [4.78, 5) is 49.1. The Labute approximate surface area is 194 Å². The molecule has 0 radical (unpaired) electrons. The molecule has 11 heteroatoms. The molecule has 1 heterocycles. The van der Waals surface area contributed by atoms with Crippen LogP contribution in [0.2, 0.25) is 0 Å². The summed E-state index contributed by atoms with van der Waals surface area (Å²) in [5, 5.41) is 10.9. The van der Waals surface area contributed by atoms with Crippen molar-refractivity contribution in [2.45, 2.75) is 6.92 Å². The number of carboxylic acids is 1. The van der Waals surface area contributed by atoms with Gasteiger partial charge >= 0.3 is 12.0 Å². The maximum Gasteiger partial charge on any atom is 0.341 e. The van der Waals surface area contributed by atoms with Gasteiger partial charge in [0, 0.05) is 0 Å². The lowest BCUT2D eigenvalue weighted by atomic mass is 10.1. The molecular formula is C21H16FIN2O7. The Balaban J connectivity index is 2.00. The number of carbonyl (C=O) groups is 4. The summed E-state index contributed by atoms with van der Waals surface area (Å²) in [5.41, 5.74) is 0.146. The van der Waals surface area contributed by atoms with Crippen molar-refractivity contribution in [3.8, 4) is 11.5 Å². The summed E-state index contributed by atoms with van der Waals surface area (Å²) in [6.07, 6.45) is 1.27. The van der Waals surface area contributed by atoms with Gasteiger partial charge in [-0.2, -0.15) is 0 Å². The standard InChI is InChI=1S/C21H16FIN2O7/c1-2-31-16-9-11(8-15(23)18(16)32-10-17(26)27)7-14-19(28)24-21(30)25(20(14)29)13-5-3-12(22)4-6-13/h3-9H,2,10H2,1H3,(H,26,27)(H,24,28,30)/b14-7+. The quantitative estimate of drug-likeness (QED) is 0.307. The molecule has 1 aliphatic rings. The molecule has 32 heavy (non-hydrogen) atoms. The van der Waals surface area contributed by atoms with Crippen molar-refractivity contribution in [1.29, 1.82) is 0 Å². The molecule has 1 fully saturated rings. The number of carboxylic acid groups (broad SMARTS) is 1. The van der Waals surface area contributed by atoms with Crippen LogP contribution in [0.1, 0.15) is 12.5 Å². The Morgan fingerprint density at radius 1 is 1.19 bits per heavy atom. The molecule has 1 saturated heterocycles. The van der Waals surface area contributed by atoms with Crippen LogP contribution in [-0.4, -0.2) is 42.1 Å². The highest BCUT2D eigenvalue weighted by Crippen LogP contribution is 2.35. The van der Waals surface area contributed by atoms with E-state index in [9.17, 15) is 23.6 Å². The molecule has 2 N–H and O–H groups in total. The number of hydrogen-bond acceptors (Lipinski definition) is 6. The predicted molar refractivity (Wildman–Crippen MR) is 119 cm³/mol. The Hall–Kier alpha value is -3.48. The van der Waals surface area contributed by atoms with Crippen LogP contribution in [0, 0.1) is 9.39 Å². The first kappa shape index (κ1) is 23.2. The van der Waals surface area contributed by atoms with Gasteiger partial charge in [-0.15, -0.1) is 0 Å². The van der Waals surface area contributed by atoms with Crippen LogP contribution < -0.4 is 19.7 Å². The van der Waals surface area contributed by atoms with Gasteiger partial charge in [0.05, 0.1) is 15.9 Å². The van der Waals surface area contributed by atoms with E-state index in [-0.39, 0.29) is 29.4 Å². The predicted octanol–water partition coefficient (Wildman–Crippen LogP) is 2.96. The van der Waals surface area contributed by atoms with Crippen LogP contribution in [0.5, 0.6) is 11.5 Å². The van der Waals surface area contributed by atoms with Crippen molar-refractivity contribution in [1.82, 2.24) is 5.32 Å².